The first-order chi connectivity index (χ1) is 13.5. The molecule has 2 aromatic rings. The quantitative estimate of drug-likeness (QED) is 0.837. The Morgan fingerprint density at radius 2 is 1.93 bits per heavy atom. The molecule has 6 nitrogen and oxygen atoms in total. The standard InChI is InChI=1S/C21H24N2O4S/c1-27-18-5-2-15(3-6-18)12-16-10-11-23(14-16)28(25,26)19-7-8-20-17(13-19)4-9-21(24)22-20/h2-3,5-8,13,16H,4,9-12,14H2,1H3,(H,22,24). The fourth-order valence-electron chi connectivity index (χ4n) is 3.95. The summed E-state index contributed by atoms with van der Waals surface area (Å²) in [5, 5.41) is 2.79. The minimum Gasteiger partial charge on any atom is -0.497 e. The molecule has 0 aromatic heterocycles. The van der Waals surface area contributed by atoms with Crippen molar-refractivity contribution in [3.8, 4) is 5.75 Å². The van der Waals surface area contributed by atoms with Gasteiger partial charge in [-0.3, -0.25) is 4.79 Å². The molecule has 0 bridgehead atoms. The minimum atomic E-state index is -3.52. The lowest BCUT2D eigenvalue weighted by molar-refractivity contribution is -0.116. The van der Waals surface area contributed by atoms with Gasteiger partial charge in [-0.1, -0.05) is 12.1 Å². The Bertz CT molecular complexity index is 986. The number of fused-ring (bicyclic) bond motifs is 1. The molecule has 2 aliphatic heterocycles. The number of nitrogens with zero attached hydrogens (tertiary/aromatic N) is 1. The number of aryl methyl sites for hydroxylation is 1. The molecule has 1 unspecified atom stereocenters. The Morgan fingerprint density at radius 1 is 1.14 bits per heavy atom. The predicted molar refractivity (Wildman–Crippen MR) is 107 cm³/mol. The molecule has 1 atom stereocenters. The molecule has 0 radical (unpaired) electrons. The average molecular weight is 401 g/mol. The van der Waals surface area contributed by atoms with Gasteiger partial charge in [0.05, 0.1) is 12.0 Å². The first-order valence-electron chi connectivity index (χ1n) is 9.51. The zero-order chi connectivity index (χ0) is 19.7. The van der Waals surface area contributed by atoms with E-state index in [-0.39, 0.29) is 5.91 Å². The van der Waals surface area contributed by atoms with Gasteiger partial charge in [0, 0.05) is 25.2 Å². The van der Waals surface area contributed by atoms with Gasteiger partial charge < -0.3 is 10.1 Å². The van der Waals surface area contributed by atoms with Crippen LogP contribution in [0.2, 0.25) is 0 Å². The Balaban J connectivity index is 1.46. The summed E-state index contributed by atoms with van der Waals surface area (Å²) < 4.78 is 32.9. The molecule has 7 heteroatoms. The topological polar surface area (TPSA) is 75.7 Å². The number of hydrogen-bond donors (Lipinski definition) is 1. The van der Waals surface area contributed by atoms with E-state index in [1.54, 1.807) is 29.6 Å². The van der Waals surface area contributed by atoms with E-state index in [1.807, 2.05) is 24.3 Å². The monoisotopic (exact) mass is 400 g/mol. The van der Waals surface area contributed by atoms with Crippen LogP contribution in [0.3, 0.4) is 0 Å². The van der Waals surface area contributed by atoms with Crippen molar-refractivity contribution in [2.75, 3.05) is 25.5 Å². The number of nitrogens with one attached hydrogen (secondary N) is 1. The third kappa shape index (κ3) is 3.77. The lowest BCUT2D eigenvalue weighted by Gasteiger charge is -2.20. The highest BCUT2D eigenvalue weighted by molar-refractivity contribution is 7.89. The van der Waals surface area contributed by atoms with Crippen molar-refractivity contribution >= 4 is 21.6 Å². The summed E-state index contributed by atoms with van der Waals surface area (Å²) >= 11 is 0. The highest BCUT2D eigenvalue weighted by Crippen LogP contribution is 2.30. The molecule has 2 aliphatic rings. The number of carbonyl (C=O) groups is 1. The van der Waals surface area contributed by atoms with Crippen LogP contribution in [0, 0.1) is 5.92 Å². The van der Waals surface area contributed by atoms with Crippen LogP contribution in [0.15, 0.2) is 47.4 Å². The van der Waals surface area contributed by atoms with Crippen molar-refractivity contribution in [3.63, 3.8) is 0 Å². The van der Waals surface area contributed by atoms with E-state index in [0.29, 0.717) is 42.4 Å². The first-order valence-corrected chi connectivity index (χ1v) is 11.0. The first kappa shape index (κ1) is 19.0. The van der Waals surface area contributed by atoms with Gasteiger partial charge in [0.2, 0.25) is 15.9 Å². The molecule has 0 spiro atoms. The normalized spacial score (nSPS) is 19.9. The molecule has 1 fully saturated rings. The van der Waals surface area contributed by atoms with Crippen LogP contribution >= 0.6 is 0 Å². The number of rotatable bonds is 5. The summed E-state index contributed by atoms with van der Waals surface area (Å²) in [5.74, 6) is 1.10. The number of anilines is 1. The van der Waals surface area contributed by atoms with E-state index in [9.17, 15) is 13.2 Å². The highest BCUT2D eigenvalue weighted by Gasteiger charge is 2.33. The fraction of sp³-hybridized carbons (Fsp3) is 0.381. The van der Waals surface area contributed by atoms with Gasteiger partial charge in [0.1, 0.15) is 5.75 Å². The van der Waals surface area contributed by atoms with Gasteiger partial charge in [-0.2, -0.15) is 4.31 Å². The van der Waals surface area contributed by atoms with Crippen LogP contribution in [0.25, 0.3) is 0 Å². The number of sulfonamides is 1. The molecular weight excluding hydrogens is 376 g/mol. The number of hydrogen-bond acceptors (Lipinski definition) is 4. The van der Waals surface area contributed by atoms with Gasteiger partial charge in [-0.25, -0.2) is 8.42 Å². The maximum absolute atomic E-state index is 13.1. The largest absolute Gasteiger partial charge is 0.497 e. The van der Waals surface area contributed by atoms with Crippen molar-refractivity contribution < 1.29 is 17.9 Å². The molecule has 28 heavy (non-hydrogen) atoms. The van der Waals surface area contributed by atoms with Crippen molar-refractivity contribution in [3.05, 3.63) is 53.6 Å². The molecule has 1 N–H and O–H groups in total. The highest BCUT2D eigenvalue weighted by atomic mass is 32.2. The van der Waals surface area contributed by atoms with E-state index in [1.165, 1.54) is 5.56 Å². The second-order valence-electron chi connectivity index (χ2n) is 7.44. The average Bonchev–Trinajstić information content (AvgIpc) is 3.17. The lowest BCUT2D eigenvalue weighted by Crippen LogP contribution is -2.29. The smallest absolute Gasteiger partial charge is 0.243 e. The van der Waals surface area contributed by atoms with Gasteiger partial charge >= 0.3 is 0 Å². The van der Waals surface area contributed by atoms with Crippen LogP contribution < -0.4 is 10.1 Å². The molecule has 4 rings (SSSR count). The third-order valence-electron chi connectivity index (χ3n) is 5.54. The number of amides is 1. The SMILES string of the molecule is COc1ccc(CC2CCN(S(=O)(=O)c3ccc4c(c3)CCC(=O)N4)C2)cc1. The molecule has 2 aromatic carbocycles. The maximum Gasteiger partial charge on any atom is 0.243 e. The Morgan fingerprint density at radius 3 is 2.68 bits per heavy atom. The summed E-state index contributed by atoms with van der Waals surface area (Å²) in [5.41, 5.74) is 2.79. The second-order valence-corrected chi connectivity index (χ2v) is 9.38. The van der Waals surface area contributed by atoms with Crippen LogP contribution in [0.5, 0.6) is 5.75 Å². The van der Waals surface area contributed by atoms with E-state index in [0.717, 1.165) is 24.2 Å². The van der Waals surface area contributed by atoms with Gasteiger partial charge in [-0.05, 0) is 66.6 Å². The minimum absolute atomic E-state index is 0.0241. The van der Waals surface area contributed by atoms with E-state index in [4.69, 9.17) is 4.74 Å². The number of ether oxygens (including phenoxy) is 1. The summed E-state index contributed by atoms with van der Waals surface area (Å²) in [6.45, 7) is 1.07. The van der Waals surface area contributed by atoms with Crippen molar-refractivity contribution in [1.29, 1.82) is 0 Å². The van der Waals surface area contributed by atoms with Crippen molar-refractivity contribution in [1.82, 2.24) is 4.31 Å². The summed E-state index contributed by atoms with van der Waals surface area (Å²) in [6, 6.07) is 12.9. The van der Waals surface area contributed by atoms with Crippen molar-refractivity contribution in [2.24, 2.45) is 5.92 Å². The molecule has 2 heterocycles. The Hall–Kier alpha value is -2.38. The second kappa shape index (κ2) is 7.56. The van der Waals surface area contributed by atoms with E-state index in [2.05, 4.69) is 5.32 Å². The van der Waals surface area contributed by atoms with E-state index < -0.39 is 10.0 Å². The molecular formula is C21H24N2O4S. The molecule has 0 aliphatic carbocycles. The number of benzene rings is 2. The summed E-state index contributed by atoms with van der Waals surface area (Å²) in [4.78, 5) is 11.8. The molecule has 1 saturated heterocycles. The van der Waals surface area contributed by atoms with Gasteiger partial charge in [-0.15, -0.1) is 0 Å². The predicted octanol–water partition coefficient (Wildman–Crippen LogP) is 2.83. The Labute approximate surface area is 165 Å². The molecule has 1 amide bonds. The zero-order valence-electron chi connectivity index (χ0n) is 15.8. The zero-order valence-corrected chi connectivity index (χ0v) is 16.7. The summed E-state index contributed by atoms with van der Waals surface area (Å²) in [6.07, 6.45) is 2.67. The maximum atomic E-state index is 13.1. The Kier molecular flexibility index (Phi) is 5.12. The summed E-state index contributed by atoms with van der Waals surface area (Å²) in [7, 11) is -1.88. The van der Waals surface area contributed by atoms with Crippen LogP contribution in [0.4, 0.5) is 5.69 Å². The van der Waals surface area contributed by atoms with Gasteiger partial charge in [0.25, 0.3) is 0 Å². The van der Waals surface area contributed by atoms with Gasteiger partial charge in [0.15, 0.2) is 0 Å². The third-order valence-corrected chi connectivity index (χ3v) is 7.40. The van der Waals surface area contributed by atoms with Crippen LogP contribution in [-0.2, 0) is 27.7 Å². The number of methoxy groups -OCH3 is 1. The molecule has 0 saturated carbocycles. The fourth-order valence-corrected chi connectivity index (χ4v) is 5.53. The van der Waals surface area contributed by atoms with E-state index >= 15 is 0 Å². The number of carbonyl (C=O) groups excluding carboxylic acids is 1. The van der Waals surface area contributed by atoms with Crippen LogP contribution in [0.1, 0.15) is 24.0 Å². The molecule has 148 valence electrons. The lowest BCUT2D eigenvalue weighted by atomic mass is 9.99. The van der Waals surface area contributed by atoms with Crippen LogP contribution in [-0.4, -0.2) is 38.8 Å². The van der Waals surface area contributed by atoms with Crippen molar-refractivity contribution in [2.45, 2.75) is 30.6 Å².